The van der Waals surface area contributed by atoms with E-state index < -0.39 is 0 Å². The highest BCUT2D eigenvalue weighted by Gasteiger charge is 2.22. The maximum Gasteiger partial charge on any atom is 0.241 e. The molecule has 248 valence electrons. The summed E-state index contributed by atoms with van der Waals surface area (Å²) < 4.78 is 5.92. The van der Waals surface area contributed by atoms with Gasteiger partial charge in [0.05, 0.1) is 25.0 Å². The van der Waals surface area contributed by atoms with E-state index in [-0.39, 0.29) is 11.9 Å². The van der Waals surface area contributed by atoms with Crippen LogP contribution in [0.5, 0.6) is 5.75 Å². The number of nitrogens with zero attached hydrogens (tertiary/aromatic N) is 3. The van der Waals surface area contributed by atoms with Crippen LogP contribution in [0.25, 0.3) is 0 Å². The molecule has 44 heavy (non-hydrogen) atoms. The van der Waals surface area contributed by atoms with Crippen molar-refractivity contribution in [1.29, 1.82) is 0 Å². The first-order chi connectivity index (χ1) is 21.3. The number of aromatic nitrogens is 1. The molecule has 0 saturated heterocycles. The third-order valence-corrected chi connectivity index (χ3v) is 7.40. The molecule has 1 heterocycles. The number of carbonyl (C=O) groups excluding carboxylic acids is 1. The van der Waals surface area contributed by atoms with Gasteiger partial charge in [-0.25, -0.2) is 0 Å². The molecular formula is C39H65N3O2. The van der Waals surface area contributed by atoms with Gasteiger partial charge < -0.3 is 9.64 Å². The highest BCUT2D eigenvalue weighted by molar-refractivity contribution is 5.94. The van der Waals surface area contributed by atoms with Crippen LogP contribution in [0.15, 0.2) is 66.5 Å². The predicted octanol–water partition coefficient (Wildman–Crippen LogP) is 10.6. The molecule has 1 aliphatic carbocycles. The average Bonchev–Trinajstić information content (AvgIpc) is 3.59. The summed E-state index contributed by atoms with van der Waals surface area (Å²) >= 11 is 0. The van der Waals surface area contributed by atoms with Crippen LogP contribution >= 0.6 is 0 Å². The molecule has 2 aromatic rings. The van der Waals surface area contributed by atoms with Crippen molar-refractivity contribution in [3.8, 4) is 5.75 Å². The lowest BCUT2D eigenvalue weighted by atomic mass is 9.97. The number of rotatable bonds is 15. The van der Waals surface area contributed by atoms with E-state index in [2.05, 4.69) is 94.8 Å². The van der Waals surface area contributed by atoms with Crippen LogP contribution in [-0.4, -0.2) is 48.1 Å². The first kappa shape index (κ1) is 41.1. The van der Waals surface area contributed by atoms with Crippen molar-refractivity contribution in [3.63, 3.8) is 0 Å². The van der Waals surface area contributed by atoms with Gasteiger partial charge in [-0.3, -0.25) is 14.7 Å². The van der Waals surface area contributed by atoms with E-state index in [1.165, 1.54) is 24.0 Å². The summed E-state index contributed by atoms with van der Waals surface area (Å²) in [5, 5.41) is 0. The quantitative estimate of drug-likeness (QED) is 0.189. The SMILES string of the molecule is CC.CC.CCC1=CC=CC1.CCCCOc1ccc([C@H](C)CN(CC(=O)N(CCCC)c2cccnc2)C(C)C)cc1C. The molecule has 5 heteroatoms. The van der Waals surface area contributed by atoms with Gasteiger partial charge >= 0.3 is 0 Å². The van der Waals surface area contributed by atoms with Gasteiger partial charge in [-0.05, 0) is 81.7 Å². The molecular weight excluding hydrogens is 542 g/mol. The van der Waals surface area contributed by atoms with Crippen molar-refractivity contribution in [2.75, 3.05) is 31.1 Å². The van der Waals surface area contributed by atoms with Gasteiger partial charge in [-0.15, -0.1) is 0 Å². The number of hydrogen-bond acceptors (Lipinski definition) is 4. The molecule has 0 saturated carbocycles. The third-order valence-electron chi connectivity index (χ3n) is 7.40. The smallest absolute Gasteiger partial charge is 0.241 e. The largest absolute Gasteiger partial charge is 0.493 e. The van der Waals surface area contributed by atoms with Crippen molar-refractivity contribution in [2.45, 2.75) is 127 Å². The molecule has 0 spiro atoms. The molecule has 0 radical (unpaired) electrons. The second-order valence-corrected chi connectivity index (χ2v) is 11.1. The van der Waals surface area contributed by atoms with Crippen LogP contribution in [0.1, 0.15) is 125 Å². The van der Waals surface area contributed by atoms with Crippen molar-refractivity contribution in [1.82, 2.24) is 9.88 Å². The van der Waals surface area contributed by atoms with Gasteiger partial charge in [-0.1, -0.05) is 104 Å². The Labute approximate surface area is 271 Å². The average molecular weight is 608 g/mol. The number of carbonyl (C=O) groups is 1. The lowest BCUT2D eigenvalue weighted by Gasteiger charge is -2.32. The maximum atomic E-state index is 13.3. The Balaban J connectivity index is 0.00000143. The Hall–Kier alpha value is -2.92. The number of pyridine rings is 1. The Morgan fingerprint density at radius 1 is 1.00 bits per heavy atom. The molecule has 1 atom stereocenters. The summed E-state index contributed by atoms with van der Waals surface area (Å²) in [4.78, 5) is 21.7. The van der Waals surface area contributed by atoms with E-state index in [4.69, 9.17) is 4.74 Å². The van der Waals surface area contributed by atoms with Gasteiger partial charge in [0, 0.05) is 25.3 Å². The molecule has 0 aliphatic heterocycles. The number of amides is 1. The van der Waals surface area contributed by atoms with Crippen molar-refractivity contribution in [3.05, 3.63) is 77.7 Å². The third kappa shape index (κ3) is 15.7. The van der Waals surface area contributed by atoms with E-state index in [9.17, 15) is 4.79 Å². The van der Waals surface area contributed by atoms with E-state index in [0.717, 1.165) is 56.8 Å². The zero-order valence-corrected chi connectivity index (χ0v) is 30.2. The van der Waals surface area contributed by atoms with Crippen LogP contribution in [0, 0.1) is 6.92 Å². The topological polar surface area (TPSA) is 45.7 Å². The number of allylic oxidation sites excluding steroid dienone is 4. The summed E-state index contributed by atoms with van der Waals surface area (Å²) in [7, 11) is 0. The fraction of sp³-hybridized carbons (Fsp3) is 0.590. The number of anilines is 1. The number of benzene rings is 1. The second kappa shape index (κ2) is 25.4. The summed E-state index contributed by atoms with van der Waals surface area (Å²) in [6.45, 7) is 25.9. The van der Waals surface area contributed by atoms with Gasteiger partial charge in [0.1, 0.15) is 5.75 Å². The van der Waals surface area contributed by atoms with E-state index >= 15 is 0 Å². The van der Waals surface area contributed by atoms with E-state index in [0.29, 0.717) is 12.5 Å². The first-order valence-electron chi connectivity index (χ1n) is 17.3. The van der Waals surface area contributed by atoms with Crippen molar-refractivity contribution >= 4 is 11.6 Å². The highest BCUT2D eigenvalue weighted by Crippen LogP contribution is 2.25. The minimum atomic E-state index is 0.133. The lowest BCUT2D eigenvalue weighted by molar-refractivity contribution is -0.120. The van der Waals surface area contributed by atoms with Crippen molar-refractivity contribution in [2.24, 2.45) is 0 Å². The molecule has 1 amide bonds. The van der Waals surface area contributed by atoms with Crippen molar-refractivity contribution < 1.29 is 9.53 Å². The predicted molar refractivity (Wildman–Crippen MR) is 193 cm³/mol. The van der Waals surface area contributed by atoms with Crippen LogP contribution < -0.4 is 9.64 Å². The van der Waals surface area contributed by atoms with Crippen LogP contribution in [0.4, 0.5) is 5.69 Å². The lowest BCUT2D eigenvalue weighted by Crippen LogP contribution is -2.44. The molecule has 1 aromatic heterocycles. The van der Waals surface area contributed by atoms with E-state index in [1.54, 1.807) is 18.0 Å². The molecule has 0 fully saturated rings. The zero-order valence-electron chi connectivity index (χ0n) is 30.2. The molecule has 1 aromatic carbocycles. The normalized spacial score (nSPS) is 12.2. The molecule has 0 N–H and O–H groups in total. The fourth-order valence-electron chi connectivity index (χ4n) is 4.62. The molecule has 3 rings (SSSR count). The maximum absolute atomic E-state index is 13.3. The van der Waals surface area contributed by atoms with Gasteiger partial charge in [-0.2, -0.15) is 0 Å². The van der Waals surface area contributed by atoms with Gasteiger partial charge in [0.25, 0.3) is 0 Å². The Bertz CT molecular complexity index is 1060. The standard InChI is InChI=1S/C28H43N3O2.C7H10.2C2H6/c1-7-9-16-31(26-12-11-15-29-19-26)28(32)21-30(22(3)4)20-24(6)25-13-14-27(23(5)18-25)33-17-10-8-2;1-2-7-5-3-4-6-7;2*1-2/h11-15,18-19,22,24H,7-10,16-17,20-21H2,1-6H3;3-5H,2,6H2,1H3;2*1-2H3/t24-;;;/m1.../s1. The van der Waals surface area contributed by atoms with Gasteiger partial charge in [0.15, 0.2) is 0 Å². The van der Waals surface area contributed by atoms with Crippen LogP contribution in [-0.2, 0) is 4.79 Å². The number of ether oxygens (including phenoxy) is 1. The fourth-order valence-corrected chi connectivity index (χ4v) is 4.62. The molecule has 0 bridgehead atoms. The summed E-state index contributed by atoms with van der Waals surface area (Å²) in [6, 6.07) is 10.6. The number of hydrogen-bond donors (Lipinski definition) is 0. The summed E-state index contributed by atoms with van der Waals surface area (Å²) in [5.41, 5.74) is 4.88. The zero-order chi connectivity index (χ0) is 33.3. The minimum Gasteiger partial charge on any atom is -0.493 e. The number of aryl methyl sites for hydroxylation is 1. The first-order valence-corrected chi connectivity index (χ1v) is 17.3. The van der Waals surface area contributed by atoms with Gasteiger partial charge in [0.2, 0.25) is 5.91 Å². The monoisotopic (exact) mass is 608 g/mol. The summed E-state index contributed by atoms with van der Waals surface area (Å²) in [5.74, 6) is 1.41. The summed E-state index contributed by atoms with van der Waals surface area (Å²) in [6.07, 6.45) is 16.7. The molecule has 1 aliphatic rings. The van der Waals surface area contributed by atoms with Crippen LogP contribution in [0.2, 0.25) is 0 Å². The molecule has 0 unspecified atom stereocenters. The Morgan fingerprint density at radius 2 is 1.70 bits per heavy atom. The number of unbranched alkanes of at least 4 members (excludes halogenated alkanes) is 2. The highest BCUT2D eigenvalue weighted by atomic mass is 16.5. The van der Waals surface area contributed by atoms with E-state index in [1.807, 2.05) is 44.7 Å². The minimum absolute atomic E-state index is 0.133. The molecule has 5 nitrogen and oxygen atoms in total. The Morgan fingerprint density at radius 3 is 2.20 bits per heavy atom. The Kier molecular flexibility index (Phi) is 23.7. The van der Waals surface area contributed by atoms with Crippen LogP contribution in [0.3, 0.4) is 0 Å². The second-order valence-electron chi connectivity index (χ2n) is 11.1.